The Hall–Kier alpha value is -0.590. The molecule has 0 aromatic rings. The molecule has 0 saturated heterocycles. The lowest BCUT2D eigenvalue weighted by atomic mass is 10.2. The smallest absolute Gasteiger partial charge is 0.0794 e. The van der Waals surface area contributed by atoms with Gasteiger partial charge in [-0.15, -0.1) is 0 Å². The van der Waals surface area contributed by atoms with Gasteiger partial charge in [0.1, 0.15) is 0 Å². The normalized spacial score (nSPS) is 20.7. The molecule has 3 heteroatoms. The van der Waals surface area contributed by atoms with Crippen molar-refractivity contribution >= 4 is 0 Å². The van der Waals surface area contributed by atoms with E-state index in [1.807, 2.05) is 6.07 Å². The molecule has 68 valence electrons. The molecule has 1 unspecified atom stereocenters. The Labute approximate surface area is 73.4 Å². The third-order valence-corrected chi connectivity index (χ3v) is 2.32. The number of nitrogens with one attached hydrogen (secondary N) is 1. The fourth-order valence-electron chi connectivity index (χ4n) is 1.61. The van der Waals surface area contributed by atoms with Crippen molar-refractivity contribution in [1.29, 1.82) is 5.26 Å². The van der Waals surface area contributed by atoms with Crippen molar-refractivity contribution in [2.75, 3.05) is 6.54 Å². The predicted octanol–water partition coefficient (Wildman–Crippen LogP) is 0.793. The summed E-state index contributed by atoms with van der Waals surface area (Å²) >= 11 is 0. The number of aliphatic hydroxyl groups excluding tert-OH is 1. The Balaban J connectivity index is 2.04. The highest BCUT2D eigenvalue weighted by atomic mass is 16.3. The summed E-state index contributed by atoms with van der Waals surface area (Å²) in [6.07, 6.45) is 4.78. The summed E-state index contributed by atoms with van der Waals surface area (Å²) in [5, 5.41) is 20.8. The Morgan fingerprint density at radius 2 is 2.17 bits per heavy atom. The van der Waals surface area contributed by atoms with E-state index in [-0.39, 0.29) is 6.42 Å². The van der Waals surface area contributed by atoms with Crippen molar-refractivity contribution in [1.82, 2.24) is 5.32 Å². The van der Waals surface area contributed by atoms with E-state index in [0.29, 0.717) is 12.6 Å². The number of nitrogens with zero attached hydrogens (tertiary/aromatic N) is 1. The molecule has 1 saturated carbocycles. The molecule has 0 radical (unpaired) electrons. The second kappa shape index (κ2) is 5.13. The first-order chi connectivity index (χ1) is 5.83. The van der Waals surface area contributed by atoms with Crippen molar-refractivity contribution in [2.24, 2.45) is 0 Å². The quantitative estimate of drug-likeness (QED) is 0.652. The number of aliphatic hydroxyl groups is 1. The number of nitriles is 1. The number of rotatable bonds is 4. The fourth-order valence-corrected chi connectivity index (χ4v) is 1.61. The average Bonchev–Trinajstić information content (AvgIpc) is 2.53. The van der Waals surface area contributed by atoms with Gasteiger partial charge in [0.25, 0.3) is 0 Å². The Bertz CT molecular complexity index is 158. The molecule has 0 aliphatic heterocycles. The summed E-state index contributed by atoms with van der Waals surface area (Å²) < 4.78 is 0. The van der Waals surface area contributed by atoms with Gasteiger partial charge >= 0.3 is 0 Å². The Morgan fingerprint density at radius 3 is 2.75 bits per heavy atom. The maximum atomic E-state index is 9.22. The average molecular weight is 168 g/mol. The van der Waals surface area contributed by atoms with Crippen molar-refractivity contribution < 1.29 is 5.11 Å². The summed E-state index contributed by atoms with van der Waals surface area (Å²) in [5.74, 6) is 0. The zero-order valence-electron chi connectivity index (χ0n) is 7.29. The third kappa shape index (κ3) is 3.21. The molecule has 1 fully saturated rings. The first kappa shape index (κ1) is 9.50. The second-order valence-corrected chi connectivity index (χ2v) is 3.41. The minimum absolute atomic E-state index is 0.236. The van der Waals surface area contributed by atoms with Gasteiger partial charge in [-0.3, -0.25) is 0 Å². The van der Waals surface area contributed by atoms with Crippen LogP contribution in [0.4, 0.5) is 0 Å². The van der Waals surface area contributed by atoms with Crippen LogP contribution in [0.5, 0.6) is 0 Å². The van der Waals surface area contributed by atoms with Crippen LogP contribution in [0.15, 0.2) is 0 Å². The third-order valence-electron chi connectivity index (χ3n) is 2.32. The van der Waals surface area contributed by atoms with E-state index in [2.05, 4.69) is 5.32 Å². The molecule has 1 aliphatic carbocycles. The van der Waals surface area contributed by atoms with Crippen LogP contribution in [0.2, 0.25) is 0 Å². The highest BCUT2D eigenvalue weighted by Gasteiger charge is 2.15. The van der Waals surface area contributed by atoms with Crippen LogP contribution in [0, 0.1) is 11.3 Å². The van der Waals surface area contributed by atoms with Gasteiger partial charge in [-0.1, -0.05) is 12.8 Å². The van der Waals surface area contributed by atoms with E-state index in [1.165, 1.54) is 25.7 Å². The van der Waals surface area contributed by atoms with Crippen molar-refractivity contribution in [3.8, 4) is 6.07 Å². The van der Waals surface area contributed by atoms with E-state index < -0.39 is 6.10 Å². The number of hydrogen-bond donors (Lipinski definition) is 2. The Morgan fingerprint density at radius 1 is 1.50 bits per heavy atom. The van der Waals surface area contributed by atoms with Crippen LogP contribution in [-0.2, 0) is 0 Å². The lowest BCUT2D eigenvalue weighted by molar-refractivity contribution is 0.172. The monoisotopic (exact) mass is 168 g/mol. The molecule has 1 atom stereocenters. The van der Waals surface area contributed by atoms with E-state index in [9.17, 15) is 5.11 Å². The molecule has 0 heterocycles. The highest BCUT2D eigenvalue weighted by molar-refractivity contribution is 4.79. The minimum atomic E-state index is -0.490. The molecule has 12 heavy (non-hydrogen) atoms. The van der Waals surface area contributed by atoms with Crippen LogP contribution in [0.3, 0.4) is 0 Å². The SMILES string of the molecule is N#CCC(O)CNC1CCCC1. The summed E-state index contributed by atoms with van der Waals surface area (Å²) in [5.41, 5.74) is 0. The molecule has 0 spiro atoms. The molecule has 1 rings (SSSR count). The van der Waals surface area contributed by atoms with Crippen LogP contribution >= 0.6 is 0 Å². The molecule has 0 amide bonds. The molecular formula is C9H16N2O. The molecule has 0 aromatic heterocycles. The summed E-state index contributed by atoms with van der Waals surface area (Å²) in [6, 6.07) is 2.53. The first-order valence-corrected chi connectivity index (χ1v) is 4.61. The highest BCUT2D eigenvalue weighted by Crippen LogP contribution is 2.17. The van der Waals surface area contributed by atoms with Gasteiger partial charge in [0.05, 0.1) is 18.6 Å². The standard InChI is InChI=1S/C9H16N2O/c10-6-5-9(12)7-11-8-3-1-2-4-8/h8-9,11-12H,1-5,7H2. The van der Waals surface area contributed by atoms with E-state index in [0.717, 1.165) is 0 Å². The number of hydrogen-bond acceptors (Lipinski definition) is 3. The van der Waals surface area contributed by atoms with Gasteiger partial charge in [-0.2, -0.15) is 5.26 Å². The summed E-state index contributed by atoms with van der Waals surface area (Å²) in [6.45, 7) is 0.568. The van der Waals surface area contributed by atoms with Crippen molar-refractivity contribution in [3.63, 3.8) is 0 Å². The van der Waals surface area contributed by atoms with Crippen LogP contribution in [0.1, 0.15) is 32.1 Å². The van der Waals surface area contributed by atoms with Crippen LogP contribution < -0.4 is 5.32 Å². The summed E-state index contributed by atoms with van der Waals surface area (Å²) in [7, 11) is 0. The zero-order chi connectivity index (χ0) is 8.81. The Kier molecular flexibility index (Phi) is 4.06. The van der Waals surface area contributed by atoms with Gasteiger partial charge in [0, 0.05) is 12.6 Å². The molecule has 3 nitrogen and oxygen atoms in total. The lowest BCUT2D eigenvalue weighted by Crippen LogP contribution is -2.33. The van der Waals surface area contributed by atoms with Gasteiger partial charge < -0.3 is 10.4 Å². The second-order valence-electron chi connectivity index (χ2n) is 3.41. The van der Waals surface area contributed by atoms with Gasteiger partial charge in [0.2, 0.25) is 0 Å². The zero-order valence-corrected chi connectivity index (χ0v) is 7.29. The topological polar surface area (TPSA) is 56.0 Å². The lowest BCUT2D eigenvalue weighted by Gasteiger charge is -2.13. The van der Waals surface area contributed by atoms with Crippen molar-refractivity contribution in [2.45, 2.75) is 44.2 Å². The maximum absolute atomic E-state index is 9.22. The molecule has 0 bridgehead atoms. The maximum Gasteiger partial charge on any atom is 0.0794 e. The van der Waals surface area contributed by atoms with Crippen molar-refractivity contribution in [3.05, 3.63) is 0 Å². The van der Waals surface area contributed by atoms with E-state index in [4.69, 9.17) is 5.26 Å². The first-order valence-electron chi connectivity index (χ1n) is 4.61. The molecule has 2 N–H and O–H groups in total. The summed E-state index contributed by atoms with van der Waals surface area (Å²) in [4.78, 5) is 0. The molecule has 0 aromatic carbocycles. The van der Waals surface area contributed by atoms with Gasteiger partial charge in [0.15, 0.2) is 0 Å². The predicted molar refractivity (Wildman–Crippen MR) is 46.5 cm³/mol. The van der Waals surface area contributed by atoms with Gasteiger partial charge in [-0.25, -0.2) is 0 Å². The van der Waals surface area contributed by atoms with Gasteiger partial charge in [-0.05, 0) is 12.8 Å². The largest absolute Gasteiger partial charge is 0.391 e. The van der Waals surface area contributed by atoms with Crippen LogP contribution in [-0.4, -0.2) is 23.8 Å². The fraction of sp³-hybridized carbons (Fsp3) is 0.889. The van der Waals surface area contributed by atoms with Crippen LogP contribution in [0.25, 0.3) is 0 Å². The molecule has 1 aliphatic rings. The van der Waals surface area contributed by atoms with E-state index in [1.54, 1.807) is 0 Å². The van der Waals surface area contributed by atoms with E-state index >= 15 is 0 Å². The molecular weight excluding hydrogens is 152 g/mol. The minimum Gasteiger partial charge on any atom is -0.391 e.